The number of carbonyl (C=O) groups is 2. The van der Waals surface area contributed by atoms with Crippen LogP contribution in [0.1, 0.15) is 110 Å². The Kier molecular flexibility index (Phi) is 18.5. The van der Waals surface area contributed by atoms with E-state index in [1.165, 1.54) is 64.2 Å². The summed E-state index contributed by atoms with van der Waals surface area (Å²) >= 11 is 0. The molecule has 0 aromatic rings. The number of amides is 1. The van der Waals surface area contributed by atoms with Crippen molar-refractivity contribution in [1.29, 1.82) is 0 Å². The molecule has 0 spiro atoms. The van der Waals surface area contributed by atoms with Crippen LogP contribution in [-0.2, 0) is 9.59 Å². The highest BCUT2D eigenvalue weighted by molar-refractivity contribution is 5.75. The molecule has 0 aliphatic heterocycles. The zero-order valence-corrected chi connectivity index (χ0v) is 15.4. The highest BCUT2D eigenvalue weighted by atomic mass is 16.1. The summed E-state index contributed by atoms with van der Waals surface area (Å²) in [5.74, 6) is 0.228. The molecule has 0 aliphatic rings. The minimum absolute atomic E-state index is 0.228. The largest absolute Gasteiger partial charge is 0.356 e. The molecule has 0 radical (unpaired) electrons. The Bertz CT molecular complexity index is 266. The lowest BCUT2D eigenvalue weighted by molar-refractivity contribution is -0.121. The third-order valence-corrected chi connectivity index (χ3v) is 4.33. The molecule has 0 aromatic carbocycles. The van der Waals surface area contributed by atoms with Crippen molar-refractivity contribution in [2.24, 2.45) is 0 Å². The number of hydrogen-bond donors (Lipinski definition) is 1. The quantitative estimate of drug-likeness (QED) is 0.265. The van der Waals surface area contributed by atoms with Gasteiger partial charge in [-0.1, -0.05) is 77.6 Å². The van der Waals surface area contributed by atoms with E-state index in [4.69, 9.17) is 0 Å². The van der Waals surface area contributed by atoms with Crippen LogP contribution in [0.3, 0.4) is 0 Å². The topological polar surface area (TPSA) is 46.2 Å². The number of carbonyl (C=O) groups excluding carboxylic acids is 2. The Morgan fingerprint density at radius 1 is 0.739 bits per heavy atom. The molecule has 0 bridgehead atoms. The molecular weight excluding hydrogens is 286 g/mol. The number of nitrogens with one attached hydrogen (secondary N) is 1. The molecule has 3 heteroatoms. The van der Waals surface area contributed by atoms with Crippen LogP contribution in [0.25, 0.3) is 0 Å². The van der Waals surface area contributed by atoms with E-state index in [0.717, 1.165) is 44.9 Å². The zero-order valence-electron chi connectivity index (χ0n) is 15.4. The van der Waals surface area contributed by atoms with E-state index in [1.807, 2.05) is 0 Å². The molecule has 0 rings (SSSR count). The summed E-state index contributed by atoms with van der Waals surface area (Å²) in [4.78, 5) is 21.7. The highest BCUT2D eigenvalue weighted by Crippen LogP contribution is 2.12. The third kappa shape index (κ3) is 19.1. The van der Waals surface area contributed by atoms with E-state index in [9.17, 15) is 9.59 Å². The standard InChI is InChI=1S/C20H39NO2/c1-2-3-18-21-20(23)17-15-13-11-9-7-5-4-6-8-10-12-14-16-19-22/h19H,2-18H2,1H3,(H,21,23). The van der Waals surface area contributed by atoms with E-state index >= 15 is 0 Å². The average Bonchev–Trinajstić information content (AvgIpc) is 2.55. The lowest BCUT2D eigenvalue weighted by atomic mass is 10.0. The molecular formula is C20H39NO2. The van der Waals surface area contributed by atoms with Crippen LogP contribution >= 0.6 is 0 Å². The second-order valence-electron chi connectivity index (χ2n) is 6.65. The van der Waals surface area contributed by atoms with E-state index in [2.05, 4.69) is 12.2 Å². The fourth-order valence-electron chi connectivity index (χ4n) is 2.77. The van der Waals surface area contributed by atoms with E-state index in [1.54, 1.807) is 0 Å². The van der Waals surface area contributed by atoms with Crippen molar-refractivity contribution in [2.45, 2.75) is 110 Å². The maximum Gasteiger partial charge on any atom is 0.219 e. The van der Waals surface area contributed by atoms with Gasteiger partial charge in [0.05, 0.1) is 0 Å². The summed E-state index contributed by atoms with van der Waals surface area (Å²) in [5.41, 5.74) is 0. The smallest absolute Gasteiger partial charge is 0.219 e. The van der Waals surface area contributed by atoms with Crippen molar-refractivity contribution in [3.63, 3.8) is 0 Å². The van der Waals surface area contributed by atoms with Crippen LogP contribution in [0.2, 0.25) is 0 Å². The molecule has 0 fully saturated rings. The lowest BCUT2D eigenvalue weighted by Crippen LogP contribution is -2.23. The van der Waals surface area contributed by atoms with Gasteiger partial charge in [0.25, 0.3) is 0 Å². The zero-order chi connectivity index (χ0) is 17.0. The van der Waals surface area contributed by atoms with Gasteiger partial charge < -0.3 is 10.1 Å². The van der Waals surface area contributed by atoms with Gasteiger partial charge in [0, 0.05) is 19.4 Å². The van der Waals surface area contributed by atoms with Crippen LogP contribution in [0.4, 0.5) is 0 Å². The second kappa shape index (κ2) is 19.2. The van der Waals surface area contributed by atoms with Gasteiger partial charge >= 0.3 is 0 Å². The van der Waals surface area contributed by atoms with Gasteiger partial charge in [-0.15, -0.1) is 0 Å². The number of hydrogen-bond acceptors (Lipinski definition) is 2. The molecule has 1 amide bonds. The van der Waals surface area contributed by atoms with Crippen molar-refractivity contribution in [3.8, 4) is 0 Å². The van der Waals surface area contributed by atoms with E-state index in [0.29, 0.717) is 6.42 Å². The van der Waals surface area contributed by atoms with Crippen molar-refractivity contribution >= 4 is 12.2 Å². The molecule has 1 N–H and O–H groups in total. The Labute approximate surface area is 144 Å². The molecule has 0 saturated heterocycles. The predicted molar refractivity (Wildman–Crippen MR) is 98.6 cm³/mol. The fourth-order valence-corrected chi connectivity index (χ4v) is 2.77. The average molecular weight is 326 g/mol. The van der Waals surface area contributed by atoms with Gasteiger partial charge in [0.2, 0.25) is 5.91 Å². The third-order valence-electron chi connectivity index (χ3n) is 4.33. The Morgan fingerprint density at radius 3 is 1.70 bits per heavy atom. The molecule has 136 valence electrons. The minimum Gasteiger partial charge on any atom is -0.356 e. The molecule has 0 saturated carbocycles. The Morgan fingerprint density at radius 2 is 1.22 bits per heavy atom. The summed E-state index contributed by atoms with van der Waals surface area (Å²) in [5, 5.41) is 2.97. The normalized spacial score (nSPS) is 10.7. The first-order valence-electron chi connectivity index (χ1n) is 10.0. The Hall–Kier alpha value is -0.860. The summed E-state index contributed by atoms with van der Waals surface area (Å²) in [6.07, 6.45) is 19.8. The molecule has 3 nitrogen and oxygen atoms in total. The van der Waals surface area contributed by atoms with Gasteiger partial charge in [-0.3, -0.25) is 4.79 Å². The molecule has 23 heavy (non-hydrogen) atoms. The second-order valence-corrected chi connectivity index (χ2v) is 6.65. The monoisotopic (exact) mass is 325 g/mol. The molecule has 0 atom stereocenters. The number of unbranched alkanes of at least 4 members (excludes halogenated alkanes) is 13. The molecule has 0 aliphatic carbocycles. The molecule has 0 aromatic heterocycles. The predicted octanol–water partition coefficient (Wildman–Crippen LogP) is 5.56. The summed E-state index contributed by atoms with van der Waals surface area (Å²) in [7, 11) is 0. The van der Waals surface area contributed by atoms with Crippen molar-refractivity contribution in [2.75, 3.05) is 6.54 Å². The summed E-state index contributed by atoms with van der Waals surface area (Å²) in [6, 6.07) is 0. The maximum absolute atomic E-state index is 11.5. The fraction of sp³-hybridized carbons (Fsp3) is 0.900. The van der Waals surface area contributed by atoms with Crippen molar-refractivity contribution < 1.29 is 9.59 Å². The lowest BCUT2D eigenvalue weighted by Gasteiger charge is -2.04. The van der Waals surface area contributed by atoms with Crippen molar-refractivity contribution in [3.05, 3.63) is 0 Å². The first-order valence-corrected chi connectivity index (χ1v) is 10.0. The molecule has 0 heterocycles. The van der Waals surface area contributed by atoms with Crippen LogP contribution in [0, 0.1) is 0 Å². The minimum atomic E-state index is 0.228. The first-order chi connectivity index (χ1) is 11.3. The summed E-state index contributed by atoms with van der Waals surface area (Å²) in [6.45, 7) is 2.98. The van der Waals surface area contributed by atoms with Gasteiger partial charge in [-0.25, -0.2) is 0 Å². The van der Waals surface area contributed by atoms with E-state index < -0.39 is 0 Å². The van der Waals surface area contributed by atoms with Gasteiger partial charge in [0.1, 0.15) is 6.29 Å². The van der Waals surface area contributed by atoms with Crippen LogP contribution in [-0.4, -0.2) is 18.7 Å². The Balaban J connectivity index is 3.07. The van der Waals surface area contributed by atoms with Crippen LogP contribution in [0.5, 0.6) is 0 Å². The summed E-state index contributed by atoms with van der Waals surface area (Å²) < 4.78 is 0. The number of aldehydes is 1. The van der Waals surface area contributed by atoms with Gasteiger partial charge in [0.15, 0.2) is 0 Å². The maximum atomic E-state index is 11.5. The van der Waals surface area contributed by atoms with E-state index in [-0.39, 0.29) is 5.91 Å². The van der Waals surface area contributed by atoms with Crippen LogP contribution < -0.4 is 5.32 Å². The molecule has 0 unspecified atom stereocenters. The van der Waals surface area contributed by atoms with Gasteiger partial charge in [-0.05, 0) is 19.3 Å². The SMILES string of the molecule is CCCCNC(=O)CCCCCCCCCCCCCCC=O. The highest BCUT2D eigenvalue weighted by Gasteiger charge is 2.00. The van der Waals surface area contributed by atoms with Crippen LogP contribution in [0.15, 0.2) is 0 Å². The van der Waals surface area contributed by atoms with Gasteiger partial charge in [-0.2, -0.15) is 0 Å². The first kappa shape index (κ1) is 22.1. The van der Waals surface area contributed by atoms with Crippen molar-refractivity contribution in [1.82, 2.24) is 5.32 Å². The number of rotatable bonds is 18.